The number of aryl methyl sites for hydroxylation is 1. The Bertz CT molecular complexity index is 398. The predicted octanol–water partition coefficient (Wildman–Crippen LogP) is 2.65. The Hall–Kier alpha value is -1.35. The SMILES string of the molecule is Cn1ccnc1/C=C/c1cccs1. The van der Waals surface area contributed by atoms with Gasteiger partial charge in [0, 0.05) is 24.3 Å². The summed E-state index contributed by atoms with van der Waals surface area (Å²) >= 11 is 1.73. The van der Waals surface area contributed by atoms with E-state index in [-0.39, 0.29) is 0 Å². The summed E-state index contributed by atoms with van der Waals surface area (Å²) < 4.78 is 1.99. The van der Waals surface area contributed by atoms with Crippen LogP contribution < -0.4 is 0 Å². The molecule has 0 aliphatic carbocycles. The summed E-state index contributed by atoms with van der Waals surface area (Å²) in [5, 5.41) is 2.07. The van der Waals surface area contributed by atoms with E-state index >= 15 is 0 Å². The van der Waals surface area contributed by atoms with Gasteiger partial charge in [-0.15, -0.1) is 11.3 Å². The molecular formula is C10H10N2S. The summed E-state index contributed by atoms with van der Waals surface area (Å²) in [5.41, 5.74) is 0. The highest BCUT2D eigenvalue weighted by Crippen LogP contribution is 2.12. The zero-order chi connectivity index (χ0) is 9.10. The highest BCUT2D eigenvalue weighted by molar-refractivity contribution is 7.10. The molecule has 66 valence electrons. The van der Waals surface area contributed by atoms with Gasteiger partial charge in [-0.05, 0) is 23.6 Å². The van der Waals surface area contributed by atoms with Crippen LogP contribution in [0.4, 0.5) is 0 Å². The van der Waals surface area contributed by atoms with Crippen LogP contribution in [0.2, 0.25) is 0 Å². The lowest BCUT2D eigenvalue weighted by atomic mass is 10.4. The van der Waals surface area contributed by atoms with Gasteiger partial charge in [0.1, 0.15) is 5.82 Å². The number of hydrogen-bond donors (Lipinski definition) is 0. The van der Waals surface area contributed by atoms with Gasteiger partial charge >= 0.3 is 0 Å². The molecular weight excluding hydrogens is 180 g/mol. The Morgan fingerprint density at radius 1 is 1.46 bits per heavy atom. The van der Waals surface area contributed by atoms with Crippen molar-refractivity contribution in [3.63, 3.8) is 0 Å². The minimum atomic E-state index is 0.980. The van der Waals surface area contributed by atoms with Crippen molar-refractivity contribution in [2.75, 3.05) is 0 Å². The van der Waals surface area contributed by atoms with Crippen LogP contribution in [0.3, 0.4) is 0 Å². The van der Waals surface area contributed by atoms with E-state index in [4.69, 9.17) is 0 Å². The van der Waals surface area contributed by atoms with Crippen molar-refractivity contribution >= 4 is 23.5 Å². The summed E-state index contributed by atoms with van der Waals surface area (Å²) in [5.74, 6) is 0.980. The number of nitrogens with zero attached hydrogens (tertiary/aromatic N) is 2. The first-order chi connectivity index (χ1) is 6.36. The normalized spacial score (nSPS) is 11.2. The van der Waals surface area contributed by atoms with Crippen molar-refractivity contribution in [2.45, 2.75) is 0 Å². The monoisotopic (exact) mass is 190 g/mol. The molecule has 0 spiro atoms. The minimum Gasteiger partial charge on any atom is -0.335 e. The molecule has 0 N–H and O–H groups in total. The molecule has 0 fully saturated rings. The second-order valence-corrected chi connectivity index (χ2v) is 3.72. The average Bonchev–Trinajstić information content (AvgIpc) is 2.72. The molecule has 2 rings (SSSR count). The molecule has 0 aliphatic heterocycles. The summed E-state index contributed by atoms with van der Waals surface area (Å²) in [4.78, 5) is 5.45. The Morgan fingerprint density at radius 2 is 2.38 bits per heavy atom. The maximum absolute atomic E-state index is 4.20. The van der Waals surface area contributed by atoms with Gasteiger partial charge in [0.2, 0.25) is 0 Å². The van der Waals surface area contributed by atoms with E-state index in [1.165, 1.54) is 4.88 Å². The van der Waals surface area contributed by atoms with E-state index in [0.717, 1.165) is 5.82 Å². The molecule has 2 heterocycles. The number of thiophene rings is 1. The molecule has 2 aromatic rings. The van der Waals surface area contributed by atoms with Crippen LogP contribution in [-0.2, 0) is 7.05 Å². The molecule has 0 atom stereocenters. The molecule has 0 saturated heterocycles. The van der Waals surface area contributed by atoms with Crippen molar-refractivity contribution in [3.8, 4) is 0 Å². The first-order valence-electron chi connectivity index (χ1n) is 4.05. The van der Waals surface area contributed by atoms with Crippen LogP contribution in [0, 0.1) is 0 Å². The Labute approximate surface area is 81.2 Å². The van der Waals surface area contributed by atoms with Crippen molar-refractivity contribution in [1.82, 2.24) is 9.55 Å². The van der Waals surface area contributed by atoms with Gasteiger partial charge in [-0.25, -0.2) is 4.98 Å². The molecule has 0 aromatic carbocycles. The fourth-order valence-electron chi connectivity index (χ4n) is 1.08. The topological polar surface area (TPSA) is 17.8 Å². The molecule has 2 aromatic heterocycles. The number of rotatable bonds is 2. The third-order valence-corrected chi connectivity index (χ3v) is 2.64. The highest BCUT2D eigenvalue weighted by atomic mass is 32.1. The predicted molar refractivity (Wildman–Crippen MR) is 56.5 cm³/mol. The molecule has 3 heteroatoms. The van der Waals surface area contributed by atoms with Crippen LogP contribution in [0.25, 0.3) is 12.2 Å². The molecule has 0 radical (unpaired) electrons. The second kappa shape index (κ2) is 3.58. The molecule has 0 bridgehead atoms. The smallest absolute Gasteiger partial charge is 0.132 e. The zero-order valence-corrected chi connectivity index (χ0v) is 8.16. The van der Waals surface area contributed by atoms with E-state index in [1.807, 2.05) is 30.0 Å². The average molecular weight is 190 g/mol. The summed E-state index contributed by atoms with van der Waals surface area (Å²) in [6, 6.07) is 4.13. The van der Waals surface area contributed by atoms with Crippen molar-refractivity contribution < 1.29 is 0 Å². The van der Waals surface area contributed by atoms with E-state index in [9.17, 15) is 0 Å². The number of hydrogen-bond acceptors (Lipinski definition) is 2. The molecule has 0 saturated carbocycles. The van der Waals surface area contributed by atoms with E-state index in [0.29, 0.717) is 0 Å². The Morgan fingerprint density at radius 3 is 3.00 bits per heavy atom. The molecule has 0 unspecified atom stereocenters. The van der Waals surface area contributed by atoms with E-state index in [2.05, 4.69) is 22.5 Å². The Kier molecular flexibility index (Phi) is 2.27. The number of imidazole rings is 1. The van der Waals surface area contributed by atoms with Crippen molar-refractivity contribution in [2.24, 2.45) is 7.05 Å². The molecule has 2 nitrogen and oxygen atoms in total. The maximum atomic E-state index is 4.20. The Balaban J connectivity index is 2.19. The fraction of sp³-hybridized carbons (Fsp3) is 0.100. The standard InChI is InChI=1S/C10H10N2S/c1-12-7-6-11-10(12)5-4-9-3-2-8-13-9/h2-8H,1H3/b5-4+. The van der Waals surface area contributed by atoms with Crippen LogP contribution in [0.15, 0.2) is 29.9 Å². The van der Waals surface area contributed by atoms with Crippen molar-refractivity contribution in [3.05, 3.63) is 40.6 Å². The van der Waals surface area contributed by atoms with Crippen LogP contribution in [0.1, 0.15) is 10.7 Å². The molecule has 0 amide bonds. The van der Waals surface area contributed by atoms with Gasteiger partial charge in [-0.2, -0.15) is 0 Å². The maximum Gasteiger partial charge on any atom is 0.132 e. The van der Waals surface area contributed by atoms with Gasteiger partial charge in [-0.3, -0.25) is 0 Å². The lowest BCUT2D eigenvalue weighted by molar-refractivity contribution is 0.898. The van der Waals surface area contributed by atoms with Crippen LogP contribution in [0.5, 0.6) is 0 Å². The van der Waals surface area contributed by atoms with Gasteiger partial charge in [0.15, 0.2) is 0 Å². The second-order valence-electron chi connectivity index (χ2n) is 2.75. The van der Waals surface area contributed by atoms with E-state index < -0.39 is 0 Å². The number of aromatic nitrogens is 2. The van der Waals surface area contributed by atoms with Gasteiger partial charge in [0.05, 0.1) is 0 Å². The molecule has 13 heavy (non-hydrogen) atoms. The quantitative estimate of drug-likeness (QED) is 0.712. The minimum absolute atomic E-state index is 0.980. The zero-order valence-electron chi connectivity index (χ0n) is 7.34. The van der Waals surface area contributed by atoms with Gasteiger partial charge < -0.3 is 4.57 Å². The lowest BCUT2D eigenvalue weighted by Crippen LogP contribution is -1.88. The third kappa shape index (κ3) is 1.87. The van der Waals surface area contributed by atoms with Gasteiger partial charge in [-0.1, -0.05) is 6.07 Å². The van der Waals surface area contributed by atoms with Crippen LogP contribution >= 0.6 is 11.3 Å². The summed E-state index contributed by atoms with van der Waals surface area (Å²) in [6.07, 6.45) is 7.83. The first kappa shape index (κ1) is 8.26. The highest BCUT2D eigenvalue weighted by Gasteiger charge is 1.92. The first-order valence-corrected chi connectivity index (χ1v) is 4.93. The largest absolute Gasteiger partial charge is 0.335 e. The van der Waals surface area contributed by atoms with Gasteiger partial charge in [0.25, 0.3) is 0 Å². The fourth-order valence-corrected chi connectivity index (χ4v) is 1.70. The lowest BCUT2D eigenvalue weighted by Gasteiger charge is -1.92. The third-order valence-electron chi connectivity index (χ3n) is 1.80. The van der Waals surface area contributed by atoms with Crippen molar-refractivity contribution in [1.29, 1.82) is 0 Å². The van der Waals surface area contributed by atoms with E-state index in [1.54, 1.807) is 17.5 Å². The van der Waals surface area contributed by atoms with Crippen LogP contribution in [-0.4, -0.2) is 9.55 Å². The summed E-state index contributed by atoms with van der Waals surface area (Å²) in [7, 11) is 1.99. The summed E-state index contributed by atoms with van der Waals surface area (Å²) in [6.45, 7) is 0. The molecule has 0 aliphatic rings.